The number of carboxylic acids is 1. The summed E-state index contributed by atoms with van der Waals surface area (Å²) >= 11 is 0. The number of carbonyl (C=O) groups is 1. The van der Waals surface area contributed by atoms with Gasteiger partial charge >= 0.3 is 13.5 Å². The van der Waals surface area contributed by atoms with Crippen LogP contribution in [-0.2, 0) is 15.9 Å². The van der Waals surface area contributed by atoms with Crippen LogP contribution in [0.3, 0.4) is 0 Å². The molecule has 10 heteroatoms. The molecule has 0 aliphatic rings. The van der Waals surface area contributed by atoms with E-state index in [2.05, 4.69) is 94.6 Å². The highest BCUT2D eigenvalue weighted by Gasteiger charge is 2.30. The third-order valence-corrected chi connectivity index (χ3v) is 10.4. The van der Waals surface area contributed by atoms with E-state index in [0.29, 0.717) is 22.9 Å². The van der Waals surface area contributed by atoms with Gasteiger partial charge in [-0.05, 0) is 77.9 Å². The highest BCUT2D eigenvalue weighted by molar-refractivity contribution is 7.74. The van der Waals surface area contributed by atoms with Crippen LogP contribution in [0.25, 0.3) is 23.1 Å². The number of carbonyl (C=O) groups excluding carboxylic acids is 1. The summed E-state index contributed by atoms with van der Waals surface area (Å²) in [5.74, 6) is -2.43. The van der Waals surface area contributed by atoms with Crippen LogP contribution < -0.4 is 29.7 Å². The largest absolute Gasteiger partial charge is 0.542 e. The Bertz CT molecular complexity index is 2160. The fraction of sp³-hybridized carbons (Fsp3) is 0.0952. The Balaban J connectivity index is 0.000000679. The molecule has 1 aromatic heterocycles. The van der Waals surface area contributed by atoms with Gasteiger partial charge in [0, 0.05) is 37.5 Å². The molecule has 6 aromatic rings. The molecule has 0 radical (unpaired) electrons. The predicted octanol–water partition coefficient (Wildman–Crippen LogP) is 7.57. The number of hydrogen-bond acceptors (Lipinski definition) is 5. The number of alkyl halides is 3. The smallest absolute Gasteiger partial charge is 0.430 e. The monoisotopic (exact) mass is 720 g/mol. The molecule has 0 N–H and O–H groups in total. The number of aromatic nitrogens is 1. The molecule has 0 atom stereocenters. The van der Waals surface area contributed by atoms with E-state index in [1.165, 1.54) is 16.6 Å². The van der Waals surface area contributed by atoms with Crippen LogP contribution in [0.1, 0.15) is 16.7 Å². The summed E-state index contributed by atoms with van der Waals surface area (Å²) in [7, 11) is 0.776. The summed E-state index contributed by atoms with van der Waals surface area (Å²) in [6.45, 7) is 0.697. The van der Waals surface area contributed by atoms with Crippen molar-refractivity contribution < 1.29 is 36.7 Å². The fourth-order valence-corrected chi connectivity index (χ4v) is 7.36. The zero-order chi connectivity index (χ0) is 37.1. The second-order valence-electron chi connectivity index (χ2n) is 11.9. The molecule has 0 amide bonds. The summed E-state index contributed by atoms with van der Waals surface area (Å²) in [4.78, 5) is 10.9. The molecular weight excluding hydrogens is 684 g/mol. The molecule has 0 aliphatic carbocycles. The Labute approximate surface area is 300 Å². The van der Waals surface area contributed by atoms with Gasteiger partial charge in [0.15, 0.2) is 12.7 Å². The average Bonchev–Trinajstić information content (AvgIpc) is 3.15. The van der Waals surface area contributed by atoms with E-state index in [4.69, 9.17) is 14.4 Å². The number of allylic oxidation sites excluding steroid dienone is 2. The Morgan fingerprint density at radius 2 is 1.29 bits per heavy atom. The number of nitrogens with zero attached hydrogens (tertiary/aromatic N) is 2. The predicted molar refractivity (Wildman–Crippen MR) is 200 cm³/mol. The lowest BCUT2D eigenvalue weighted by Crippen LogP contribution is -2.37. The van der Waals surface area contributed by atoms with E-state index in [0.717, 1.165) is 16.6 Å². The summed E-state index contributed by atoms with van der Waals surface area (Å²) < 4.78 is 54.4. The topological polar surface area (TPSA) is 73.5 Å². The van der Waals surface area contributed by atoms with Gasteiger partial charge in [-0.1, -0.05) is 85.0 Å². The first-order valence-electron chi connectivity index (χ1n) is 16.3. The number of fused-ring (bicyclic) bond motifs is 1. The summed E-state index contributed by atoms with van der Waals surface area (Å²) in [5, 5.41) is 11.3. The summed E-state index contributed by atoms with van der Waals surface area (Å²) in [5.41, 5.74) is 5.79. The van der Waals surface area contributed by atoms with E-state index >= 15 is 0 Å². The van der Waals surface area contributed by atoms with Gasteiger partial charge in [-0.2, -0.15) is 17.7 Å². The highest BCUT2D eigenvalue weighted by Crippen LogP contribution is 2.45. The standard InChI is InChI=1S/C40H36N2O2P.C2HF3O2/c1-41(2)35-25-21-32(22-26-35)13-9-10-14-34-29-30-42(40-20-12-11-19-39(34)40)31-33-23-27-36(28-24-33)44-45(43,37-15-5-3-6-16-37)38-17-7-4-8-18-38;3-2(4,5)1(6)7/h3-30H,31H2,1-2H3;(H,6,7)/q+1;/p-1. The Hall–Kier alpha value is -5.92. The molecule has 0 bridgehead atoms. The number of carboxylic acid groups (broad SMARTS) is 1. The lowest BCUT2D eigenvalue weighted by Gasteiger charge is -2.20. The summed E-state index contributed by atoms with van der Waals surface area (Å²) in [6.07, 6.45) is 5.39. The molecule has 0 fully saturated rings. The lowest BCUT2D eigenvalue weighted by molar-refractivity contribution is -0.662. The quantitative estimate of drug-likeness (QED) is 0.0830. The van der Waals surface area contributed by atoms with Crippen molar-refractivity contribution in [1.82, 2.24) is 0 Å². The Kier molecular flexibility index (Phi) is 12.1. The molecule has 0 spiro atoms. The van der Waals surface area contributed by atoms with Crippen molar-refractivity contribution >= 4 is 52.7 Å². The maximum atomic E-state index is 14.3. The molecule has 1 heterocycles. The number of rotatable bonds is 10. The number of benzene rings is 5. The molecule has 0 aliphatic heterocycles. The highest BCUT2D eigenvalue weighted by atomic mass is 31.2. The number of halogens is 3. The van der Waals surface area contributed by atoms with Crippen LogP contribution in [0.2, 0.25) is 0 Å². The van der Waals surface area contributed by atoms with Crippen molar-refractivity contribution in [3.63, 3.8) is 0 Å². The average molecular weight is 721 g/mol. The fourth-order valence-electron chi connectivity index (χ4n) is 5.31. The minimum atomic E-state index is -5.19. The number of aliphatic carboxylic acids is 1. The Morgan fingerprint density at radius 3 is 1.85 bits per heavy atom. The Morgan fingerprint density at radius 1 is 0.750 bits per heavy atom. The molecule has 6 rings (SSSR count). The van der Waals surface area contributed by atoms with Crippen molar-refractivity contribution in [3.05, 3.63) is 175 Å². The van der Waals surface area contributed by atoms with Gasteiger partial charge in [-0.25, -0.2) is 0 Å². The SMILES string of the molecule is CN(C)c1ccc(/C=C/C=C/c2cc[n+](Cc3ccc(OP(=O)(c4ccccc4)c4ccccc4)cc3)c3ccccc23)cc1.O=C([O-])C(F)(F)F. The zero-order valence-electron chi connectivity index (χ0n) is 28.5. The van der Waals surface area contributed by atoms with Crippen molar-refractivity contribution in [2.45, 2.75) is 12.7 Å². The minimum absolute atomic E-state index is 0.576. The van der Waals surface area contributed by atoms with E-state index in [-0.39, 0.29) is 0 Å². The van der Waals surface area contributed by atoms with Crippen LogP contribution in [0.5, 0.6) is 5.75 Å². The van der Waals surface area contributed by atoms with Gasteiger partial charge < -0.3 is 19.3 Å². The first-order chi connectivity index (χ1) is 24.9. The maximum Gasteiger partial charge on any atom is 0.430 e. The van der Waals surface area contributed by atoms with E-state index < -0.39 is 19.5 Å². The first kappa shape index (κ1) is 37.3. The van der Waals surface area contributed by atoms with E-state index in [9.17, 15) is 17.7 Å². The third-order valence-electron chi connectivity index (χ3n) is 7.98. The van der Waals surface area contributed by atoms with Crippen LogP contribution >= 0.6 is 7.37 Å². The maximum absolute atomic E-state index is 14.3. The zero-order valence-corrected chi connectivity index (χ0v) is 29.4. The number of para-hydroxylation sites is 1. The van der Waals surface area contributed by atoms with Crippen LogP contribution in [0.15, 0.2) is 158 Å². The van der Waals surface area contributed by atoms with E-state index in [1.54, 1.807) is 0 Å². The molecule has 6 nitrogen and oxygen atoms in total. The molecule has 0 saturated carbocycles. The van der Waals surface area contributed by atoms with Gasteiger partial charge in [0.05, 0.1) is 16.0 Å². The minimum Gasteiger partial charge on any atom is -0.542 e. The van der Waals surface area contributed by atoms with Crippen LogP contribution in [-0.4, -0.2) is 26.2 Å². The second kappa shape index (κ2) is 16.9. The molecule has 5 aromatic carbocycles. The second-order valence-corrected chi connectivity index (χ2v) is 14.2. The van der Waals surface area contributed by atoms with Crippen molar-refractivity contribution in [3.8, 4) is 5.75 Å². The van der Waals surface area contributed by atoms with Crippen molar-refractivity contribution in [2.24, 2.45) is 0 Å². The lowest BCUT2D eigenvalue weighted by atomic mass is 10.1. The van der Waals surface area contributed by atoms with Crippen LogP contribution in [0, 0.1) is 0 Å². The number of anilines is 1. The third kappa shape index (κ3) is 9.65. The van der Waals surface area contributed by atoms with Gasteiger partial charge in [-0.15, -0.1) is 0 Å². The van der Waals surface area contributed by atoms with E-state index in [1.807, 2.05) is 99.0 Å². The van der Waals surface area contributed by atoms with Crippen LogP contribution in [0.4, 0.5) is 18.9 Å². The van der Waals surface area contributed by atoms with Gasteiger partial charge in [0.2, 0.25) is 5.52 Å². The van der Waals surface area contributed by atoms with Gasteiger partial charge in [0.1, 0.15) is 11.7 Å². The normalized spacial score (nSPS) is 11.7. The van der Waals surface area contributed by atoms with Gasteiger partial charge in [-0.3, -0.25) is 4.57 Å². The first-order valence-corrected chi connectivity index (χ1v) is 17.9. The molecule has 52 heavy (non-hydrogen) atoms. The molecule has 264 valence electrons. The number of hydrogen-bond donors (Lipinski definition) is 0. The molecular formula is C42H36F3N2O4P. The summed E-state index contributed by atoms with van der Waals surface area (Å²) in [6, 6.07) is 45.9. The van der Waals surface area contributed by atoms with Gasteiger partial charge in [0.25, 0.3) is 0 Å². The number of pyridine rings is 1. The van der Waals surface area contributed by atoms with Crippen molar-refractivity contribution in [1.29, 1.82) is 0 Å². The molecule has 0 unspecified atom stereocenters. The molecule has 0 saturated heterocycles. The van der Waals surface area contributed by atoms with Crippen molar-refractivity contribution in [2.75, 3.05) is 19.0 Å².